The number of amides is 2. The highest BCUT2D eigenvalue weighted by atomic mass is 32.2. The lowest BCUT2D eigenvalue weighted by Crippen LogP contribution is -2.48. The Hall–Kier alpha value is -1.20. The van der Waals surface area contributed by atoms with Gasteiger partial charge in [0, 0.05) is 32.2 Å². The van der Waals surface area contributed by atoms with Gasteiger partial charge in [-0.15, -0.1) is 0 Å². The first-order chi connectivity index (χ1) is 11.2. The number of hydrogen-bond donors (Lipinski definition) is 1. The largest absolute Gasteiger partial charge is 0.338 e. The van der Waals surface area contributed by atoms with E-state index < -0.39 is 0 Å². The van der Waals surface area contributed by atoms with E-state index in [-0.39, 0.29) is 6.03 Å². The molecule has 1 heterocycles. The number of hydrogen-bond acceptors (Lipinski definition) is 3. The SMILES string of the molecule is CSCCCNC(=O)N1CCC(N(C)Cc2ccccc2)CC1. The van der Waals surface area contributed by atoms with Crippen LogP contribution in [-0.4, -0.2) is 60.6 Å². The van der Waals surface area contributed by atoms with Crippen LogP contribution in [0.5, 0.6) is 0 Å². The Labute approximate surface area is 144 Å². The van der Waals surface area contributed by atoms with E-state index in [4.69, 9.17) is 0 Å². The number of carbonyl (C=O) groups excluding carboxylic acids is 1. The molecule has 0 spiro atoms. The minimum Gasteiger partial charge on any atom is -0.338 e. The van der Waals surface area contributed by atoms with Crippen molar-refractivity contribution in [3.05, 3.63) is 35.9 Å². The summed E-state index contributed by atoms with van der Waals surface area (Å²) in [4.78, 5) is 16.5. The van der Waals surface area contributed by atoms with Crippen molar-refractivity contribution in [3.8, 4) is 0 Å². The van der Waals surface area contributed by atoms with E-state index >= 15 is 0 Å². The fourth-order valence-corrected chi connectivity index (χ4v) is 3.47. The lowest BCUT2D eigenvalue weighted by molar-refractivity contribution is 0.131. The van der Waals surface area contributed by atoms with Gasteiger partial charge in [0.05, 0.1) is 0 Å². The molecule has 2 amide bonds. The Kier molecular flexibility index (Phi) is 7.76. The van der Waals surface area contributed by atoms with Gasteiger partial charge in [0.1, 0.15) is 0 Å². The summed E-state index contributed by atoms with van der Waals surface area (Å²) in [6.07, 6.45) is 5.25. The number of nitrogens with zero attached hydrogens (tertiary/aromatic N) is 2. The molecule has 1 aromatic rings. The zero-order chi connectivity index (χ0) is 16.5. The Bertz CT molecular complexity index is 461. The molecule has 1 saturated heterocycles. The molecule has 0 bridgehead atoms. The fraction of sp³-hybridized carbons (Fsp3) is 0.611. The third-order valence-electron chi connectivity index (χ3n) is 4.45. The average molecular weight is 336 g/mol. The first kappa shape index (κ1) is 18.1. The number of piperidine rings is 1. The second-order valence-electron chi connectivity index (χ2n) is 6.20. The average Bonchev–Trinajstić information content (AvgIpc) is 2.59. The van der Waals surface area contributed by atoms with Crippen molar-refractivity contribution in [1.29, 1.82) is 0 Å². The molecule has 0 unspecified atom stereocenters. The van der Waals surface area contributed by atoms with Gasteiger partial charge in [-0.05, 0) is 43.9 Å². The first-order valence-corrected chi connectivity index (χ1v) is 9.86. The van der Waals surface area contributed by atoms with E-state index in [2.05, 4.69) is 53.9 Å². The summed E-state index contributed by atoms with van der Waals surface area (Å²) < 4.78 is 0. The molecule has 128 valence electrons. The molecule has 2 rings (SSSR count). The van der Waals surface area contributed by atoms with Crippen LogP contribution < -0.4 is 5.32 Å². The molecule has 0 saturated carbocycles. The van der Waals surface area contributed by atoms with Gasteiger partial charge >= 0.3 is 6.03 Å². The number of likely N-dealkylation sites (tertiary alicyclic amines) is 1. The topological polar surface area (TPSA) is 35.6 Å². The molecule has 0 aromatic heterocycles. The van der Waals surface area contributed by atoms with E-state index in [1.54, 1.807) is 0 Å². The molecule has 0 radical (unpaired) electrons. The molecule has 0 atom stereocenters. The van der Waals surface area contributed by atoms with E-state index in [0.29, 0.717) is 6.04 Å². The second kappa shape index (κ2) is 9.83. The van der Waals surface area contributed by atoms with Crippen molar-refractivity contribution >= 4 is 17.8 Å². The van der Waals surface area contributed by atoms with Crippen LogP contribution in [0.4, 0.5) is 4.79 Å². The summed E-state index contributed by atoms with van der Waals surface area (Å²) in [5, 5.41) is 3.03. The Morgan fingerprint density at radius 3 is 2.65 bits per heavy atom. The number of urea groups is 1. The predicted octanol–water partition coefficient (Wildman–Crippen LogP) is 3.05. The van der Waals surface area contributed by atoms with Gasteiger partial charge in [-0.25, -0.2) is 4.79 Å². The maximum Gasteiger partial charge on any atom is 0.317 e. The monoisotopic (exact) mass is 335 g/mol. The smallest absolute Gasteiger partial charge is 0.317 e. The van der Waals surface area contributed by atoms with Crippen LogP contribution in [0.15, 0.2) is 30.3 Å². The van der Waals surface area contributed by atoms with Crippen molar-refractivity contribution in [2.45, 2.75) is 31.8 Å². The van der Waals surface area contributed by atoms with Crippen molar-refractivity contribution in [2.24, 2.45) is 0 Å². The standard InChI is InChI=1S/C18H29N3OS/c1-20(15-16-7-4-3-5-8-16)17-9-12-21(13-10-17)18(22)19-11-6-14-23-2/h3-5,7-8,17H,6,9-15H2,1-2H3,(H,19,22). The van der Waals surface area contributed by atoms with Crippen LogP contribution >= 0.6 is 11.8 Å². The Morgan fingerprint density at radius 1 is 1.30 bits per heavy atom. The van der Waals surface area contributed by atoms with Gasteiger partial charge in [0.25, 0.3) is 0 Å². The third-order valence-corrected chi connectivity index (χ3v) is 5.15. The van der Waals surface area contributed by atoms with Crippen LogP contribution in [0.1, 0.15) is 24.8 Å². The van der Waals surface area contributed by atoms with Crippen molar-refractivity contribution in [2.75, 3.05) is 38.7 Å². The number of rotatable bonds is 7. The number of carbonyl (C=O) groups is 1. The maximum absolute atomic E-state index is 12.1. The normalized spacial score (nSPS) is 15.9. The molecule has 1 aromatic carbocycles. The fourth-order valence-electron chi connectivity index (χ4n) is 3.03. The third kappa shape index (κ3) is 6.07. The van der Waals surface area contributed by atoms with Crippen molar-refractivity contribution < 1.29 is 4.79 Å². The van der Waals surface area contributed by atoms with E-state index in [1.807, 2.05) is 16.7 Å². The predicted molar refractivity (Wildman–Crippen MR) is 98.9 cm³/mol. The summed E-state index contributed by atoms with van der Waals surface area (Å²) in [6.45, 7) is 3.48. The van der Waals surface area contributed by atoms with Gasteiger partial charge < -0.3 is 10.2 Å². The van der Waals surface area contributed by atoms with Gasteiger partial charge in [-0.3, -0.25) is 4.90 Å². The van der Waals surface area contributed by atoms with E-state index in [9.17, 15) is 4.79 Å². The molecule has 4 nitrogen and oxygen atoms in total. The lowest BCUT2D eigenvalue weighted by Gasteiger charge is -2.36. The molecular formula is C18H29N3OS. The van der Waals surface area contributed by atoms with E-state index in [1.165, 1.54) is 5.56 Å². The molecule has 1 fully saturated rings. The van der Waals surface area contributed by atoms with E-state index in [0.717, 1.165) is 51.2 Å². The molecular weight excluding hydrogens is 306 g/mol. The minimum atomic E-state index is 0.107. The number of nitrogens with one attached hydrogen (secondary N) is 1. The lowest BCUT2D eigenvalue weighted by atomic mass is 10.0. The van der Waals surface area contributed by atoms with Crippen LogP contribution in [0.2, 0.25) is 0 Å². The summed E-state index contributed by atoms with van der Waals surface area (Å²) >= 11 is 1.82. The highest BCUT2D eigenvalue weighted by molar-refractivity contribution is 7.98. The first-order valence-electron chi connectivity index (χ1n) is 8.46. The number of thioether (sulfide) groups is 1. The maximum atomic E-state index is 12.1. The van der Waals surface area contributed by atoms with Crippen molar-refractivity contribution in [1.82, 2.24) is 15.1 Å². The molecule has 1 aliphatic heterocycles. The second-order valence-corrected chi connectivity index (χ2v) is 7.18. The Balaban J connectivity index is 1.69. The molecule has 23 heavy (non-hydrogen) atoms. The van der Waals surface area contributed by atoms with Gasteiger partial charge in [-0.2, -0.15) is 11.8 Å². The highest BCUT2D eigenvalue weighted by Crippen LogP contribution is 2.17. The molecule has 1 N–H and O–H groups in total. The molecule has 1 aliphatic rings. The minimum absolute atomic E-state index is 0.107. The van der Waals surface area contributed by atoms with Gasteiger partial charge in [0.15, 0.2) is 0 Å². The van der Waals surface area contributed by atoms with Crippen molar-refractivity contribution in [3.63, 3.8) is 0 Å². The van der Waals surface area contributed by atoms with Crippen LogP contribution in [0.25, 0.3) is 0 Å². The zero-order valence-electron chi connectivity index (χ0n) is 14.3. The quantitative estimate of drug-likeness (QED) is 0.778. The van der Waals surface area contributed by atoms with Crippen LogP contribution in [-0.2, 0) is 6.54 Å². The van der Waals surface area contributed by atoms with Crippen LogP contribution in [0.3, 0.4) is 0 Å². The zero-order valence-corrected chi connectivity index (χ0v) is 15.1. The summed E-state index contributed by atoms with van der Waals surface area (Å²) in [5.74, 6) is 1.10. The summed E-state index contributed by atoms with van der Waals surface area (Å²) in [7, 11) is 2.19. The summed E-state index contributed by atoms with van der Waals surface area (Å²) in [6, 6.07) is 11.3. The molecule has 5 heteroatoms. The summed E-state index contributed by atoms with van der Waals surface area (Å²) in [5.41, 5.74) is 1.35. The Morgan fingerprint density at radius 2 is 2.00 bits per heavy atom. The van der Waals surface area contributed by atoms with Crippen LogP contribution in [0, 0.1) is 0 Å². The number of benzene rings is 1. The molecule has 0 aliphatic carbocycles. The highest BCUT2D eigenvalue weighted by Gasteiger charge is 2.24. The van der Waals surface area contributed by atoms with Gasteiger partial charge in [-0.1, -0.05) is 30.3 Å². The van der Waals surface area contributed by atoms with Gasteiger partial charge in [0.2, 0.25) is 0 Å².